The van der Waals surface area contributed by atoms with Gasteiger partial charge >= 0.3 is 5.97 Å². The summed E-state index contributed by atoms with van der Waals surface area (Å²) in [4.78, 5) is 13.3. The molecule has 1 atom stereocenters. The molecule has 0 aromatic heterocycles. The molecule has 0 radical (unpaired) electrons. The molecule has 0 spiro atoms. The summed E-state index contributed by atoms with van der Waals surface area (Å²) in [7, 11) is 0. The Bertz CT molecular complexity index is 399. The van der Waals surface area contributed by atoms with Crippen molar-refractivity contribution in [3.8, 4) is 0 Å². The molecule has 3 nitrogen and oxygen atoms in total. The Kier molecular flexibility index (Phi) is 4.61. The minimum absolute atomic E-state index is 0.103. The van der Waals surface area contributed by atoms with E-state index in [0.29, 0.717) is 0 Å². The lowest BCUT2D eigenvalue weighted by molar-refractivity contribution is -0.138. The van der Waals surface area contributed by atoms with Crippen molar-refractivity contribution in [2.45, 2.75) is 31.7 Å². The fraction of sp³-hybridized carbons (Fsp3) is 0.500. The van der Waals surface area contributed by atoms with Crippen LogP contribution in [0.4, 0.5) is 0 Å². The van der Waals surface area contributed by atoms with Gasteiger partial charge in [-0.25, -0.2) is 0 Å². The summed E-state index contributed by atoms with van der Waals surface area (Å²) in [5.41, 5.74) is 1.15. The molecule has 1 aliphatic rings. The van der Waals surface area contributed by atoms with E-state index in [0.717, 1.165) is 30.1 Å². The number of hydrogen-bond donors (Lipinski definition) is 1. The average Bonchev–Trinajstić information content (AvgIpc) is 2.84. The third-order valence-corrected chi connectivity index (χ3v) is 3.70. The second-order valence-corrected chi connectivity index (χ2v) is 5.26. The van der Waals surface area contributed by atoms with E-state index in [9.17, 15) is 4.79 Å². The Hall–Kier alpha value is -1.06. The van der Waals surface area contributed by atoms with E-state index in [1.54, 1.807) is 0 Å². The molecule has 1 saturated heterocycles. The van der Waals surface area contributed by atoms with Gasteiger partial charge in [0.05, 0.1) is 6.42 Å². The van der Waals surface area contributed by atoms with Gasteiger partial charge < -0.3 is 5.11 Å². The number of carboxylic acid groups (broad SMARTS) is 1. The largest absolute Gasteiger partial charge is 0.481 e. The molecular formula is C14H18ClNO2. The summed E-state index contributed by atoms with van der Waals surface area (Å²) >= 11 is 5.86. The van der Waals surface area contributed by atoms with Gasteiger partial charge in [-0.2, -0.15) is 0 Å². The van der Waals surface area contributed by atoms with Crippen LogP contribution < -0.4 is 0 Å². The van der Waals surface area contributed by atoms with Gasteiger partial charge in [0.1, 0.15) is 0 Å². The summed E-state index contributed by atoms with van der Waals surface area (Å²) in [6.45, 7) is 2.04. The van der Waals surface area contributed by atoms with Gasteiger partial charge in [-0.15, -0.1) is 0 Å². The van der Waals surface area contributed by atoms with Gasteiger partial charge in [-0.3, -0.25) is 9.69 Å². The van der Waals surface area contributed by atoms with Crippen molar-refractivity contribution in [2.75, 3.05) is 13.1 Å². The highest BCUT2D eigenvalue weighted by Gasteiger charge is 2.24. The highest BCUT2D eigenvalue weighted by molar-refractivity contribution is 6.30. The quantitative estimate of drug-likeness (QED) is 0.892. The third-order valence-electron chi connectivity index (χ3n) is 3.45. The fourth-order valence-electron chi connectivity index (χ4n) is 2.53. The minimum Gasteiger partial charge on any atom is -0.481 e. The first kappa shape index (κ1) is 13.4. The molecule has 1 N–H and O–H groups in total. The van der Waals surface area contributed by atoms with E-state index >= 15 is 0 Å². The van der Waals surface area contributed by atoms with Gasteiger partial charge in [0.2, 0.25) is 0 Å². The first-order valence-corrected chi connectivity index (χ1v) is 6.73. The molecule has 18 heavy (non-hydrogen) atoms. The molecule has 1 fully saturated rings. The Morgan fingerprint density at radius 1 is 1.28 bits per heavy atom. The molecule has 1 aromatic rings. The lowest BCUT2D eigenvalue weighted by atomic mass is 10.0. The molecule has 98 valence electrons. The second kappa shape index (κ2) is 6.21. The number of likely N-dealkylation sites (tertiary alicyclic amines) is 1. The van der Waals surface area contributed by atoms with Gasteiger partial charge in [-0.1, -0.05) is 23.7 Å². The van der Waals surface area contributed by atoms with E-state index < -0.39 is 5.97 Å². The maximum atomic E-state index is 11.0. The lowest BCUT2D eigenvalue weighted by Gasteiger charge is -2.26. The molecular weight excluding hydrogens is 250 g/mol. The molecule has 2 rings (SSSR count). The van der Waals surface area contributed by atoms with Crippen molar-refractivity contribution in [1.29, 1.82) is 0 Å². The third kappa shape index (κ3) is 3.72. The van der Waals surface area contributed by atoms with Gasteiger partial charge in [0, 0.05) is 11.1 Å². The summed E-state index contributed by atoms with van der Waals surface area (Å²) in [5.74, 6) is -0.721. The van der Waals surface area contributed by atoms with Crippen LogP contribution in [0.1, 0.15) is 24.8 Å². The second-order valence-electron chi connectivity index (χ2n) is 4.83. The standard InChI is InChI=1S/C14H18ClNO2/c15-12-5-3-11(4-6-12)9-13(10-14(17)18)16-7-1-2-8-16/h3-6,13H,1-2,7-10H2,(H,17,18). The van der Waals surface area contributed by atoms with E-state index in [4.69, 9.17) is 16.7 Å². The van der Waals surface area contributed by atoms with Crippen LogP contribution in [0.2, 0.25) is 5.02 Å². The maximum absolute atomic E-state index is 11.0. The van der Waals surface area contributed by atoms with Crippen LogP contribution in [-0.4, -0.2) is 35.1 Å². The molecule has 0 bridgehead atoms. The number of nitrogens with zero attached hydrogens (tertiary/aromatic N) is 1. The number of benzene rings is 1. The molecule has 0 aliphatic carbocycles. The van der Waals surface area contributed by atoms with Gasteiger partial charge in [-0.05, 0) is 50.0 Å². The first-order valence-electron chi connectivity index (χ1n) is 6.35. The van der Waals surface area contributed by atoms with Crippen molar-refractivity contribution in [2.24, 2.45) is 0 Å². The molecule has 0 saturated carbocycles. The van der Waals surface area contributed by atoms with E-state index in [2.05, 4.69) is 4.90 Å². The van der Waals surface area contributed by atoms with Gasteiger partial charge in [0.15, 0.2) is 0 Å². The monoisotopic (exact) mass is 267 g/mol. The minimum atomic E-state index is -0.721. The number of aliphatic carboxylic acids is 1. The molecule has 1 aromatic carbocycles. The van der Waals surface area contributed by atoms with Crippen LogP contribution in [0.3, 0.4) is 0 Å². The van der Waals surface area contributed by atoms with Gasteiger partial charge in [0.25, 0.3) is 0 Å². The number of hydrogen-bond acceptors (Lipinski definition) is 2. The highest BCUT2D eigenvalue weighted by atomic mass is 35.5. The lowest BCUT2D eigenvalue weighted by Crippen LogP contribution is -2.36. The van der Waals surface area contributed by atoms with Crippen LogP contribution in [0, 0.1) is 0 Å². The summed E-state index contributed by atoms with van der Waals surface area (Å²) < 4.78 is 0. The average molecular weight is 268 g/mol. The Morgan fingerprint density at radius 3 is 2.44 bits per heavy atom. The van der Waals surface area contributed by atoms with Crippen molar-refractivity contribution in [1.82, 2.24) is 4.90 Å². The van der Waals surface area contributed by atoms with Crippen molar-refractivity contribution in [3.05, 3.63) is 34.9 Å². The molecule has 1 aliphatic heterocycles. The van der Waals surface area contributed by atoms with E-state index in [1.165, 1.54) is 12.8 Å². The van der Waals surface area contributed by atoms with Crippen LogP contribution in [-0.2, 0) is 11.2 Å². The number of rotatable bonds is 5. The fourth-order valence-corrected chi connectivity index (χ4v) is 2.66. The van der Waals surface area contributed by atoms with Crippen LogP contribution in [0.5, 0.6) is 0 Å². The zero-order valence-corrected chi connectivity index (χ0v) is 11.1. The predicted octanol–water partition coefficient (Wildman–Crippen LogP) is 2.82. The van der Waals surface area contributed by atoms with Crippen molar-refractivity contribution >= 4 is 17.6 Å². The van der Waals surface area contributed by atoms with Crippen LogP contribution in [0.25, 0.3) is 0 Å². The topological polar surface area (TPSA) is 40.5 Å². The molecule has 1 unspecified atom stereocenters. The SMILES string of the molecule is O=C(O)CC(Cc1ccc(Cl)cc1)N1CCCC1. The molecule has 1 heterocycles. The Balaban J connectivity index is 2.03. The van der Waals surface area contributed by atoms with Crippen molar-refractivity contribution < 1.29 is 9.90 Å². The van der Waals surface area contributed by atoms with E-state index in [-0.39, 0.29) is 12.5 Å². The summed E-state index contributed by atoms with van der Waals surface area (Å²) in [6.07, 6.45) is 3.35. The zero-order chi connectivity index (χ0) is 13.0. The van der Waals surface area contributed by atoms with E-state index in [1.807, 2.05) is 24.3 Å². The summed E-state index contributed by atoms with van der Waals surface area (Å²) in [5, 5.41) is 9.74. The maximum Gasteiger partial charge on any atom is 0.304 e. The molecule has 4 heteroatoms. The number of halogens is 1. The molecule has 0 amide bonds. The Morgan fingerprint density at radius 2 is 1.89 bits per heavy atom. The Labute approximate surface area is 112 Å². The zero-order valence-electron chi connectivity index (χ0n) is 10.3. The van der Waals surface area contributed by atoms with Crippen LogP contribution in [0.15, 0.2) is 24.3 Å². The smallest absolute Gasteiger partial charge is 0.304 e. The van der Waals surface area contributed by atoms with Crippen molar-refractivity contribution in [3.63, 3.8) is 0 Å². The summed E-state index contributed by atoms with van der Waals surface area (Å²) in [6, 6.07) is 7.78. The highest BCUT2D eigenvalue weighted by Crippen LogP contribution is 2.19. The normalized spacial score (nSPS) is 17.8. The predicted molar refractivity (Wildman–Crippen MR) is 72.0 cm³/mol. The van der Waals surface area contributed by atoms with Crippen LogP contribution >= 0.6 is 11.6 Å². The first-order chi connectivity index (χ1) is 8.65. The number of carbonyl (C=O) groups is 1. The number of carboxylic acids is 1.